The summed E-state index contributed by atoms with van der Waals surface area (Å²) >= 11 is 7.28. The summed E-state index contributed by atoms with van der Waals surface area (Å²) in [5, 5.41) is 5.50. The third kappa shape index (κ3) is 4.54. The minimum absolute atomic E-state index is 0.192. The molecule has 7 heteroatoms. The van der Waals surface area contributed by atoms with E-state index in [1.165, 1.54) is 11.3 Å². The topological polar surface area (TPSA) is 84.2 Å². The van der Waals surface area contributed by atoms with E-state index in [-0.39, 0.29) is 17.7 Å². The van der Waals surface area contributed by atoms with E-state index >= 15 is 0 Å². The third-order valence-corrected chi connectivity index (χ3v) is 4.69. The molecule has 0 aliphatic carbocycles. The van der Waals surface area contributed by atoms with Crippen molar-refractivity contribution in [1.29, 1.82) is 0 Å². The molecule has 0 radical (unpaired) electrons. The Hall–Kier alpha value is -1.89. The second-order valence-electron chi connectivity index (χ2n) is 4.94. The molecule has 2 aromatic rings. The molecule has 2 rings (SSSR count). The molecule has 1 unspecified atom stereocenters. The Kier molecular flexibility index (Phi) is 6.15. The van der Waals surface area contributed by atoms with Crippen molar-refractivity contribution in [2.75, 3.05) is 18.4 Å². The van der Waals surface area contributed by atoms with Gasteiger partial charge in [-0.25, -0.2) is 0 Å². The van der Waals surface area contributed by atoms with Crippen LogP contribution in [0.1, 0.15) is 28.1 Å². The standard InChI is InChI=1S/C16H18ClN3O2S/c1-10(13-6-7-14(17)23-13)15(21)20-12-5-3-2-4-11(12)16(22)19-9-8-18/h2-7,10H,8-9,18H2,1H3,(H,19,22)(H,20,21). The number of amides is 2. The van der Waals surface area contributed by atoms with Crippen LogP contribution in [0.15, 0.2) is 36.4 Å². The van der Waals surface area contributed by atoms with Crippen molar-refractivity contribution in [3.05, 3.63) is 51.2 Å². The van der Waals surface area contributed by atoms with E-state index in [2.05, 4.69) is 10.6 Å². The molecule has 5 nitrogen and oxygen atoms in total. The van der Waals surface area contributed by atoms with Crippen molar-refractivity contribution in [3.8, 4) is 0 Å². The average Bonchev–Trinajstić information content (AvgIpc) is 2.98. The lowest BCUT2D eigenvalue weighted by Gasteiger charge is -2.14. The molecule has 1 heterocycles. The summed E-state index contributed by atoms with van der Waals surface area (Å²) in [6.45, 7) is 2.54. The quantitative estimate of drug-likeness (QED) is 0.748. The molecule has 1 aromatic carbocycles. The number of halogens is 1. The lowest BCUT2D eigenvalue weighted by Crippen LogP contribution is -2.30. The van der Waals surface area contributed by atoms with Crippen LogP contribution in [0.5, 0.6) is 0 Å². The molecule has 23 heavy (non-hydrogen) atoms. The molecule has 1 aromatic heterocycles. The first kappa shape index (κ1) is 17.5. The third-order valence-electron chi connectivity index (χ3n) is 3.27. The summed E-state index contributed by atoms with van der Waals surface area (Å²) in [4.78, 5) is 25.4. The van der Waals surface area contributed by atoms with Crippen molar-refractivity contribution in [2.24, 2.45) is 5.73 Å². The van der Waals surface area contributed by atoms with Crippen LogP contribution in [-0.2, 0) is 4.79 Å². The number of rotatable bonds is 6. The normalized spacial score (nSPS) is 11.8. The molecule has 0 fully saturated rings. The van der Waals surface area contributed by atoms with Gasteiger partial charge in [0.2, 0.25) is 5.91 Å². The number of hydrogen-bond acceptors (Lipinski definition) is 4. The van der Waals surface area contributed by atoms with Crippen LogP contribution >= 0.6 is 22.9 Å². The summed E-state index contributed by atoms with van der Waals surface area (Å²) < 4.78 is 0.640. The van der Waals surface area contributed by atoms with Crippen LogP contribution in [0.25, 0.3) is 0 Å². The number of para-hydroxylation sites is 1. The van der Waals surface area contributed by atoms with E-state index in [9.17, 15) is 9.59 Å². The molecular weight excluding hydrogens is 334 g/mol. The molecule has 2 amide bonds. The van der Waals surface area contributed by atoms with Crippen LogP contribution < -0.4 is 16.4 Å². The molecule has 0 spiro atoms. The first-order valence-electron chi connectivity index (χ1n) is 7.16. The Morgan fingerprint density at radius 1 is 1.26 bits per heavy atom. The number of thiophene rings is 1. The average molecular weight is 352 g/mol. The molecule has 1 atom stereocenters. The monoisotopic (exact) mass is 351 g/mol. The molecule has 0 saturated carbocycles. The molecule has 4 N–H and O–H groups in total. The minimum atomic E-state index is -0.354. The fraction of sp³-hybridized carbons (Fsp3) is 0.250. The van der Waals surface area contributed by atoms with Crippen molar-refractivity contribution >= 4 is 40.4 Å². The highest BCUT2D eigenvalue weighted by molar-refractivity contribution is 7.16. The van der Waals surface area contributed by atoms with E-state index in [1.807, 2.05) is 6.07 Å². The Bertz CT molecular complexity index is 702. The first-order chi connectivity index (χ1) is 11.0. The van der Waals surface area contributed by atoms with Crippen LogP contribution in [0, 0.1) is 0 Å². The highest BCUT2D eigenvalue weighted by Gasteiger charge is 2.19. The molecule has 0 saturated heterocycles. The second kappa shape index (κ2) is 8.10. The van der Waals surface area contributed by atoms with Crippen molar-refractivity contribution in [1.82, 2.24) is 5.32 Å². The summed E-state index contributed by atoms with van der Waals surface area (Å²) in [5.41, 5.74) is 6.27. The Morgan fingerprint density at radius 3 is 2.65 bits per heavy atom. The van der Waals surface area contributed by atoms with Crippen LogP contribution in [0.3, 0.4) is 0 Å². The van der Waals surface area contributed by atoms with Crippen LogP contribution in [-0.4, -0.2) is 24.9 Å². The maximum atomic E-state index is 12.4. The molecule has 122 valence electrons. The van der Waals surface area contributed by atoms with Gasteiger partial charge in [0.25, 0.3) is 5.91 Å². The Labute approximate surface area is 143 Å². The highest BCUT2D eigenvalue weighted by atomic mass is 35.5. The van der Waals surface area contributed by atoms with Gasteiger partial charge in [0.15, 0.2) is 0 Å². The highest BCUT2D eigenvalue weighted by Crippen LogP contribution is 2.29. The SMILES string of the molecule is CC(C(=O)Nc1ccccc1C(=O)NCCN)c1ccc(Cl)s1. The van der Waals surface area contributed by atoms with E-state index in [1.54, 1.807) is 37.3 Å². The fourth-order valence-corrected chi connectivity index (χ4v) is 3.11. The van der Waals surface area contributed by atoms with E-state index < -0.39 is 0 Å². The number of anilines is 1. The largest absolute Gasteiger partial charge is 0.351 e. The molecular formula is C16H18ClN3O2S. The zero-order valence-corrected chi connectivity index (χ0v) is 14.2. The number of benzene rings is 1. The van der Waals surface area contributed by atoms with Crippen molar-refractivity contribution < 1.29 is 9.59 Å². The van der Waals surface area contributed by atoms with Gasteiger partial charge in [-0.15, -0.1) is 11.3 Å². The zero-order chi connectivity index (χ0) is 16.8. The maximum Gasteiger partial charge on any atom is 0.253 e. The van der Waals surface area contributed by atoms with E-state index in [0.717, 1.165) is 4.88 Å². The molecule has 0 aliphatic rings. The Morgan fingerprint density at radius 2 is 2.00 bits per heavy atom. The number of carbonyl (C=O) groups is 2. The number of nitrogens with two attached hydrogens (primary N) is 1. The van der Waals surface area contributed by atoms with E-state index in [0.29, 0.717) is 28.7 Å². The van der Waals surface area contributed by atoms with E-state index in [4.69, 9.17) is 17.3 Å². The summed E-state index contributed by atoms with van der Waals surface area (Å²) in [6.07, 6.45) is 0. The minimum Gasteiger partial charge on any atom is -0.351 e. The fourth-order valence-electron chi connectivity index (χ4n) is 2.00. The predicted molar refractivity (Wildman–Crippen MR) is 94.2 cm³/mol. The smallest absolute Gasteiger partial charge is 0.253 e. The zero-order valence-electron chi connectivity index (χ0n) is 12.6. The summed E-state index contributed by atoms with van der Waals surface area (Å²) in [6, 6.07) is 10.5. The molecule has 0 bridgehead atoms. The van der Waals surface area contributed by atoms with Gasteiger partial charge in [-0.3, -0.25) is 9.59 Å². The summed E-state index contributed by atoms with van der Waals surface area (Å²) in [5.74, 6) is -0.812. The van der Waals surface area contributed by atoms with Crippen LogP contribution in [0.2, 0.25) is 4.34 Å². The first-order valence-corrected chi connectivity index (χ1v) is 8.35. The van der Waals surface area contributed by atoms with Crippen LogP contribution in [0.4, 0.5) is 5.69 Å². The number of carbonyl (C=O) groups excluding carboxylic acids is 2. The maximum absolute atomic E-state index is 12.4. The lowest BCUT2D eigenvalue weighted by atomic mass is 10.1. The van der Waals surface area contributed by atoms with Gasteiger partial charge in [-0.2, -0.15) is 0 Å². The van der Waals surface area contributed by atoms with Gasteiger partial charge < -0.3 is 16.4 Å². The number of hydrogen-bond donors (Lipinski definition) is 3. The van der Waals surface area contributed by atoms with Crippen molar-refractivity contribution in [3.63, 3.8) is 0 Å². The Balaban J connectivity index is 2.13. The predicted octanol–water partition coefficient (Wildman–Crippen LogP) is 2.83. The second-order valence-corrected chi connectivity index (χ2v) is 6.69. The number of nitrogens with one attached hydrogen (secondary N) is 2. The van der Waals surface area contributed by atoms with Gasteiger partial charge in [0, 0.05) is 18.0 Å². The van der Waals surface area contributed by atoms with Gasteiger partial charge >= 0.3 is 0 Å². The molecule has 0 aliphatic heterocycles. The van der Waals surface area contributed by atoms with Gasteiger partial charge in [-0.05, 0) is 31.2 Å². The van der Waals surface area contributed by atoms with Crippen molar-refractivity contribution in [2.45, 2.75) is 12.8 Å². The lowest BCUT2D eigenvalue weighted by molar-refractivity contribution is -0.117. The van der Waals surface area contributed by atoms with Gasteiger partial charge in [-0.1, -0.05) is 23.7 Å². The summed E-state index contributed by atoms with van der Waals surface area (Å²) in [7, 11) is 0. The van der Waals surface area contributed by atoms with Gasteiger partial charge in [0.1, 0.15) is 0 Å². The van der Waals surface area contributed by atoms with Gasteiger partial charge in [0.05, 0.1) is 21.5 Å².